The van der Waals surface area contributed by atoms with Crippen LogP contribution in [0.3, 0.4) is 0 Å². The Morgan fingerprint density at radius 1 is 1.00 bits per heavy atom. The van der Waals surface area contributed by atoms with Crippen LogP contribution in [0, 0.1) is 5.92 Å². The molecule has 0 aromatic carbocycles. The number of quaternary nitrogens is 1. The van der Waals surface area contributed by atoms with Crippen molar-refractivity contribution in [2.45, 2.75) is 30.8 Å². The predicted octanol–water partition coefficient (Wildman–Crippen LogP) is -1.10. The predicted molar refractivity (Wildman–Crippen MR) is 77.9 cm³/mol. The molecule has 6 nitrogen and oxygen atoms in total. The Morgan fingerprint density at radius 3 is 2.14 bits per heavy atom. The van der Waals surface area contributed by atoms with E-state index in [0.29, 0.717) is 0 Å². The third-order valence-electron chi connectivity index (χ3n) is 5.94. The molecule has 0 aromatic rings. The van der Waals surface area contributed by atoms with Gasteiger partial charge in [-0.2, -0.15) is 0 Å². The highest BCUT2D eigenvalue weighted by atomic mass is 16.5. The van der Waals surface area contributed by atoms with Crippen molar-refractivity contribution in [3.8, 4) is 0 Å². The maximum Gasteiger partial charge on any atom is 0.109 e. The SMILES string of the molecule is COC1CC(C[N+]23CCN(CC2)CC3)C(OC)C(O)C1O. The van der Waals surface area contributed by atoms with E-state index in [1.54, 1.807) is 14.2 Å². The molecule has 3 heterocycles. The number of hydrogen-bond donors (Lipinski definition) is 2. The molecule has 1 aliphatic carbocycles. The lowest BCUT2D eigenvalue weighted by Gasteiger charge is -2.53. The van der Waals surface area contributed by atoms with Crippen LogP contribution in [-0.2, 0) is 9.47 Å². The normalized spacial score (nSPS) is 50.3. The quantitative estimate of drug-likeness (QED) is 0.646. The number of ether oxygens (including phenoxy) is 2. The number of methoxy groups -OCH3 is 2. The van der Waals surface area contributed by atoms with Crippen LogP contribution in [0.25, 0.3) is 0 Å². The van der Waals surface area contributed by atoms with E-state index < -0.39 is 12.2 Å². The maximum atomic E-state index is 10.3. The summed E-state index contributed by atoms with van der Waals surface area (Å²) in [6, 6.07) is 0. The first kappa shape index (κ1) is 15.6. The molecule has 1 saturated carbocycles. The average Bonchev–Trinajstić information content (AvgIpc) is 2.52. The van der Waals surface area contributed by atoms with Gasteiger partial charge >= 0.3 is 0 Å². The summed E-state index contributed by atoms with van der Waals surface area (Å²) in [5, 5.41) is 20.5. The van der Waals surface area contributed by atoms with Crippen LogP contribution in [0.1, 0.15) is 6.42 Å². The van der Waals surface area contributed by atoms with Gasteiger partial charge in [-0.3, -0.25) is 4.90 Å². The van der Waals surface area contributed by atoms with Gasteiger partial charge in [-0.1, -0.05) is 0 Å². The van der Waals surface area contributed by atoms with Crippen molar-refractivity contribution in [2.24, 2.45) is 5.92 Å². The van der Waals surface area contributed by atoms with Crippen LogP contribution < -0.4 is 0 Å². The Balaban J connectivity index is 1.72. The van der Waals surface area contributed by atoms with Crippen LogP contribution >= 0.6 is 0 Å². The first-order valence-corrected chi connectivity index (χ1v) is 8.08. The highest BCUT2D eigenvalue weighted by molar-refractivity contribution is 4.94. The lowest BCUT2D eigenvalue weighted by Crippen LogP contribution is -2.70. The third-order valence-corrected chi connectivity index (χ3v) is 5.94. The summed E-state index contributed by atoms with van der Waals surface area (Å²) in [6.45, 7) is 8.17. The molecule has 6 heteroatoms. The maximum absolute atomic E-state index is 10.3. The van der Waals surface area contributed by atoms with Gasteiger partial charge in [0, 0.05) is 39.8 Å². The fourth-order valence-corrected chi connectivity index (χ4v) is 4.51. The molecular weight excluding hydrogens is 272 g/mol. The molecule has 5 atom stereocenters. The van der Waals surface area contributed by atoms with E-state index in [-0.39, 0.29) is 18.1 Å². The molecule has 0 amide bonds. The molecule has 5 unspecified atom stereocenters. The smallest absolute Gasteiger partial charge is 0.109 e. The van der Waals surface area contributed by atoms with E-state index in [4.69, 9.17) is 9.47 Å². The highest BCUT2D eigenvalue weighted by Crippen LogP contribution is 2.33. The Hall–Kier alpha value is -0.240. The average molecular weight is 301 g/mol. The minimum atomic E-state index is -0.858. The van der Waals surface area contributed by atoms with E-state index in [1.165, 1.54) is 39.3 Å². The molecule has 4 fully saturated rings. The fourth-order valence-electron chi connectivity index (χ4n) is 4.51. The van der Waals surface area contributed by atoms with Gasteiger partial charge in [-0.15, -0.1) is 0 Å². The van der Waals surface area contributed by atoms with Crippen LogP contribution in [0.2, 0.25) is 0 Å². The topological polar surface area (TPSA) is 62.2 Å². The number of piperazine rings is 3. The molecule has 0 aromatic heterocycles. The summed E-state index contributed by atoms with van der Waals surface area (Å²) in [4.78, 5) is 2.53. The highest BCUT2D eigenvalue weighted by Gasteiger charge is 2.48. The number of aliphatic hydroxyl groups is 2. The molecule has 0 radical (unpaired) electrons. The summed E-state index contributed by atoms with van der Waals surface area (Å²) >= 11 is 0. The van der Waals surface area contributed by atoms with Crippen molar-refractivity contribution in [1.29, 1.82) is 0 Å². The summed E-state index contributed by atoms with van der Waals surface area (Å²) in [5.74, 6) is 0.239. The summed E-state index contributed by atoms with van der Waals surface area (Å²) in [5.41, 5.74) is 0. The summed E-state index contributed by atoms with van der Waals surface area (Å²) < 4.78 is 12.1. The number of nitrogens with zero attached hydrogens (tertiary/aromatic N) is 2. The minimum absolute atomic E-state index is 0.239. The molecular formula is C15H29N2O4+. The van der Waals surface area contributed by atoms with Crippen molar-refractivity contribution < 1.29 is 24.2 Å². The molecule has 4 aliphatic rings. The molecule has 3 aliphatic heterocycles. The second kappa shape index (κ2) is 6.10. The van der Waals surface area contributed by atoms with E-state index in [0.717, 1.165) is 17.4 Å². The minimum Gasteiger partial charge on any atom is -0.388 e. The number of fused-ring (bicyclic) bond motifs is 3. The van der Waals surface area contributed by atoms with Gasteiger partial charge in [0.1, 0.15) is 12.2 Å². The monoisotopic (exact) mass is 301 g/mol. The summed E-state index contributed by atoms with van der Waals surface area (Å²) in [6.07, 6.45) is -1.53. The molecule has 4 rings (SSSR count). The molecule has 0 spiro atoms. The van der Waals surface area contributed by atoms with Gasteiger partial charge < -0.3 is 24.2 Å². The van der Waals surface area contributed by atoms with Crippen LogP contribution in [0.15, 0.2) is 0 Å². The van der Waals surface area contributed by atoms with Crippen LogP contribution in [0.4, 0.5) is 0 Å². The van der Waals surface area contributed by atoms with Crippen LogP contribution in [-0.4, -0.2) is 104 Å². The van der Waals surface area contributed by atoms with Crippen molar-refractivity contribution >= 4 is 0 Å². The van der Waals surface area contributed by atoms with Gasteiger partial charge in [0.15, 0.2) is 0 Å². The Kier molecular flexibility index (Phi) is 4.55. The largest absolute Gasteiger partial charge is 0.388 e. The van der Waals surface area contributed by atoms with Crippen molar-refractivity contribution in [3.63, 3.8) is 0 Å². The number of aliphatic hydroxyl groups excluding tert-OH is 2. The van der Waals surface area contributed by atoms with Gasteiger partial charge in [0.05, 0.1) is 38.4 Å². The van der Waals surface area contributed by atoms with Crippen molar-refractivity contribution in [1.82, 2.24) is 4.90 Å². The first-order chi connectivity index (χ1) is 10.1. The Bertz CT molecular complexity index is 346. The van der Waals surface area contributed by atoms with Gasteiger partial charge in [0.2, 0.25) is 0 Å². The number of hydrogen-bond acceptors (Lipinski definition) is 5. The van der Waals surface area contributed by atoms with E-state index in [1.807, 2.05) is 0 Å². The van der Waals surface area contributed by atoms with Gasteiger partial charge in [-0.25, -0.2) is 0 Å². The van der Waals surface area contributed by atoms with E-state index in [9.17, 15) is 10.2 Å². The second-order valence-corrected chi connectivity index (χ2v) is 6.99. The van der Waals surface area contributed by atoms with Gasteiger partial charge in [0.25, 0.3) is 0 Å². The Labute approximate surface area is 126 Å². The van der Waals surface area contributed by atoms with Crippen molar-refractivity contribution in [3.05, 3.63) is 0 Å². The summed E-state index contributed by atoms with van der Waals surface area (Å²) in [7, 11) is 3.24. The fraction of sp³-hybridized carbons (Fsp3) is 1.00. The third kappa shape index (κ3) is 2.85. The Morgan fingerprint density at radius 2 is 1.62 bits per heavy atom. The molecule has 122 valence electrons. The zero-order chi connectivity index (χ0) is 15.0. The lowest BCUT2D eigenvalue weighted by molar-refractivity contribution is -0.944. The zero-order valence-electron chi connectivity index (χ0n) is 13.1. The molecule has 21 heavy (non-hydrogen) atoms. The number of rotatable bonds is 4. The van der Waals surface area contributed by atoms with Gasteiger partial charge in [-0.05, 0) is 6.42 Å². The lowest BCUT2D eigenvalue weighted by atomic mass is 9.79. The zero-order valence-corrected chi connectivity index (χ0v) is 13.1. The van der Waals surface area contributed by atoms with E-state index >= 15 is 0 Å². The molecule has 3 saturated heterocycles. The molecule has 2 bridgehead atoms. The van der Waals surface area contributed by atoms with Crippen LogP contribution in [0.5, 0.6) is 0 Å². The van der Waals surface area contributed by atoms with Crippen molar-refractivity contribution in [2.75, 3.05) is 60.0 Å². The second-order valence-electron chi connectivity index (χ2n) is 6.99. The first-order valence-electron chi connectivity index (χ1n) is 8.08. The van der Waals surface area contributed by atoms with E-state index in [2.05, 4.69) is 4.90 Å². The standard InChI is InChI=1S/C15H29N2O4/c1-20-12-9-11(15(21-2)14(19)13(12)18)10-17-6-3-16(4-7-17)5-8-17/h11-15,18-19H,3-10H2,1-2H3/q+1. The molecule has 2 N–H and O–H groups in total.